The van der Waals surface area contributed by atoms with Crippen molar-refractivity contribution in [1.82, 2.24) is 4.90 Å². The minimum atomic E-state index is 0.242. The molecule has 1 aliphatic heterocycles. The fourth-order valence-electron chi connectivity index (χ4n) is 2.23. The monoisotopic (exact) mass is 200 g/mol. The Bertz CT molecular complexity index is 159. The van der Waals surface area contributed by atoms with Crippen LogP contribution in [0.4, 0.5) is 0 Å². The molecule has 0 aliphatic carbocycles. The lowest BCUT2D eigenvalue weighted by atomic mass is 10.0. The predicted molar refractivity (Wildman–Crippen MR) is 59.3 cm³/mol. The number of hydrogen-bond acceptors (Lipinski definition) is 3. The summed E-state index contributed by atoms with van der Waals surface area (Å²) in [6, 6.07) is 0.939. The van der Waals surface area contributed by atoms with Crippen LogP contribution in [0.5, 0.6) is 0 Å². The number of rotatable bonds is 5. The van der Waals surface area contributed by atoms with Gasteiger partial charge in [-0.3, -0.25) is 0 Å². The zero-order valence-electron chi connectivity index (χ0n) is 9.70. The largest absolute Gasteiger partial charge is 0.379 e. The van der Waals surface area contributed by atoms with Crippen LogP contribution in [0.15, 0.2) is 0 Å². The van der Waals surface area contributed by atoms with Gasteiger partial charge in [0.2, 0.25) is 0 Å². The van der Waals surface area contributed by atoms with E-state index in [4.69, 9.17) is 10.5 Å². The van der Waals surface area contributed by atoms with Crippen LogP contribution in [0, 0.1) is 5.92 Å². The van der Waals surface area contributed by atoms with E-state index in [1.807, 2.05) is 0 Å². The van der Waals surface area contributed by atoms with Crippen LogP contribution in [0.25, 0.3) is 0 Å². The highest BCUT2D eigenvalue weighted by Gasteiger charge is 2.27. The Morgan fingerprint density at radius 3 is 2.43 bits per heavy atom. The molecular formula is C11H24N2O. The van der Waals surface area contributed by atoms with Gasteiger partial charge in [0.15, 0.2) is 0 Å². The summed E-state index contributed by atoms with van der Waals surface area (Å²) in [4.78, 5) is 2.43. The minimum absolute atomic E-state index is 0.242. The molecule has 0 aromatic heterocycles. The third-order valence-corrected chi connectivity index (χ3v) is 3.34. The maximum Gasteiger partial charge on any atom is 0.0621 e. The molecule has 14 heavy (non-hydrogen) atoms. The van der Waals surface area contributed by atoms with Gasteiger partial charge >= 0.3 is 0 Å². The van der Waals surface area contributed by atoms with Gasteiger partial charge in [-0.25, -0.2) is 0 Å². The number of ether oxygens (including phenoxy) is 1. The normalized spacial score (nSPS) is 27.9. The van der Waals surface area contributed by atoms with Gasteiger partial charge in [-0.05, 0) is 19.9 Å². The number of nitrogens with zero attached hydrogens (tertiary/aromatic N) is 1. The second kappa shape index (κ2) is 5.69. The Labute approximate surface area is 87.6 Å². The quantitative estimate of drug-likeness (QED) is 0.722. The fraction of sp³-hybridized carbons (Fsp3) is 1.00. The van der Waals surface area contributed by atoms with Crippen molar-refractivity contribution in [1.29, 1.82) is 0 Å². The minimum Gasteiger partial charge on any atom is -0.379 e. The van der Waals surface area contributed by atoms with Crippen molar-refractivity contribution in [2.45, 2.75) is 38.8 Å². The molecule has 0 spiro atoms. The van der Waals surface area contributed by atoms with Crippen LogP contribution in [0.3, 0.4) is 0 Å². The van der Waals surface area contributed by atoms with E-state index in [1.165, 1.54) is 12.8 Å². The molecule has 0 bridgehead atoms. The molecule has 1 heterocycles. The second-order valence-electron chi connectivity index (χ2n) is 4.37. The molecule has 2 N–H and O–H groups in total. The van der Waals surface area contributed by atoms with Crippen molar-refractivity contribution in [3.63, 3.8) is 0 Å². The highest BCUT2D eigenvalue weighted by molar-refractivity contribution is 4.81. The maximum atomic E-state index is 5.96. The van der Waals surface area contributed by atoms with Gasteiger partial charge in [0.05, 0.1) is 13.2 Å². The average molecular weight is 200 g/mol. The van der Waals surface area contributed by atoms with Crippen molar-refractivity contribution >= 4 is 0 Å². The molecule has 0 saturated carbocycles. The summed E-state index contributed by atoms with van der Waals surface area (Å²) in [6.45, 7) is 7.14. The third-order valence-electron chi connectivity index (χ3n) is 3.34. The number of nitrogens with two attached hydrogens (primary N) is 1. The van der Waals surface area contributed by atoms with Crippen LogP contribution >= 0.6 is 0 Å². The van der Waals surface area contributed by atoms with E-state index in [1.54, 1.807) is 0 Å². The SMILES string of the molecule is CCC(CC)N(C)CC1COCC1N. The Balaban J connectivity index is 2.34. The zero-order valence-corrected chi connectivity index (χ0v) is 9.70. The van der Waals surface area contributed by atoms with Crippen LogP contribution in [-0.2, 0) is 4.74 Å². The molecule has 1 rings (SSSR count). The van der Waals surface area contributed by atoms with E-state index in [9.17, 15) is 0 Å². The lowest BCUT2D eigenvalue weighted by molar-refractivity contribution is 0.157. The van der Waals surface area contributed by atoms with E-state index in [-0.39, 0.29) is 6.04 Å². The van der Waals surface area contributed by atoms with Crippen LogP contribution in [-0.4, -0.2) is 43.8 Å². The van der Waals surface area contributed by atoms with Gasteiger partial charge in [0, 0.05) is 24.5 Å². The van der Waals surface area contributed by atoms with Crippen molar-refractivity contribution in [2.75, 3.05) is 26.8 Å². The fourth-order valence-corrected chi connectivity index (χ4v) is 2.23. The highest BCUT2D eigenvalue weighted by Crippen LogP contribution is 2.15. The molecule has 0 radical (unpaired) electrons. The smallest absolute Gasteiger partial charge is 0.0621 e. The molecule has 0 amide bonds. The lowest BCUT2D eigenvalue weighted by Gasteiger charge is -2.29. The first-order chi connectivity index (χ1) is 6.69. The van der Waals surface area contributed by atoms with E-state index in [0.29, 0.717) is 12.0 Å². The zero-order chi connectivity index (χ0) is 10.6. The summed E-state index contributed by atoms with van der Waals surface area (Å²) < 4.78 is 5.37. The van der Waals surface area contributed by atoms with Gasteiger partial charge in [0.25, 0.3) is 0 Å². The molecule has 2 atom stereocenters. The first kappa shape index (κ1) is 12.0. The lowest BCUT2D eigenvalue weighted by Crippen LogP contribution is -2.40. The third kappa shape index (κ3) is 2.94. The average Bonchev–Trinajstić information content (AvgIpc) is 2.54. The predicted octanol–water partition coefficient (Wildman–Crippen LogP) is 1.08. The summed E-state index contributed by atoms with van der Waals surface area (Å²) >= 11 is 0. The molecule has 0 aromatic carbocycles. The first-order valence-electron chi connectivity index (χ1n) is 5.72. The topological polar surface area (TPSA) is 38.5 Å². The molecule has 84 valence electrons. The van der Waals surface area contributed by atoms with Crippen LogP contribution < -0.4 is 5.73 Å². The molecule has 2 unspecified atom stereocenters. The summed E-state index contributed by atoms with van der Waals surface area (Å²) in [5.41, 5.74) is 5.96. The van der Waals surface area contributed by atoms with E-state index >= 15 is 0 Å². The summed E-state index contributed by atoms with van der Waals surface area (Å²) in [5.74, 6) is 0.528. The molecule has 1 fully saturated rings. The van der Waals surface area contributed by atoms with E-state index in [2.05, 4.69) is 25.8 Å². The molecule has 3 heteroatoms. The van der Waals surface area contributed by atoms with Gasteiger partial charge in [-0.1, -0.05) is 13.8 Å². The maximum absolute atomic E-state index is 5.96. The highest BCUT2D eigenvalue weighted by atomic mass is 16.5. The Morgan fingerprint density at radius 2 is 2.00 bits per heavy atom. The number of hydrogen-bond donors (Lipinski definition) is 1. The molecule has 0 aromatic rings. The molecule has 1 saturated heterocycles. The first-order valence-corrected chi connectivity index (χ1v) is 5.72. The summed E-state index contributed by atoms with van der Waals surface area (Å²) in [7, 11) is 2.20. The van der Waals surface area contributed by atoms with Crippen molar-refractivity contribution in [3.8, 4) is 0 Å². The van der Waals surface area contributed by atoms with Gasteiger partial charge in [-0.2, -0.15) is 0 Å². The Kier molecular flexibility index (Phi) is 4.85. The summed E-state index contributed by atoms with van der Waals surface area (Å²) in [5, 5.41) is 0. The standard InChI is InChI=1S/C11H24N2O/c1-4-10(5-2)13(3)6-9-7-14-8-11(9)12/h9-11H,4-8,12H2,1-3H3. The van der Waals surface area contributed by atoms with Crippen LogP contribution in [0.2, 0.25) is 0 Å². The van der Waals surface area contributed by atoms with Gasteiger partial charge in [-0.15, -0.1) is 0 Å². The summed E-state index contributed by atoms with van der Waals surface area (Å²) in [6.07, 6.45) is 2.44. The van der Waals surface area contributed by atoms with E-state index < -0.39 is 0 Å². The van der Waals surface area contributed by atoms with E-state index in [0.717, 1.165) is 19.8 Å². The van der Waals surface area contributed by atoms with Crippen molar-refractivity contribution in [3.05, 3.63) is 0 Å². The van der Waals surface area contributed by atoms with Crippen molar-refractivity contribution in [2.24, 2.45) is 11.7 Å². The van der Waals surface area contributed by atoms with Crippen LogP contribution in [0.1, 0.15) is 26.7 Å². The molecular weight excluding hydrogens is 176 g/mol. The Hall–Kier alpha value is -0.120. The van der Waals surface area contributed by atoms with Crippen molar-refractivity contribution < 1.29 is 4.74 Å². The van der Waals surface area contributed by atoms with Gasteiger partial charge in [0.1, 0.15) is 0 Å². The van der Waals surface area contributed by atoms with Gasteiger partial charge < -0.3 is 15.4 Å². The Morgan fingerprint density at radius 1 is 1.36 bits per heavy atom. The molecule has 1 aliphatic rings. The second-order valence-corrected chi connectivity index (χ2v) is 4.37. The molecule has 3 nitrogen and oxygen atoms in total.